The first kappa shape index (κ1) is 12.3. The highest BCUT2D eigenvalue weighted by molar-refractivity contribution is 5.54. The molecule has 0 aliphatic carbocycles. The van der Waals surface area contributed by atoms with Crippen molar-refractivity contribution in [3.05, 3.63) is 29.8 Å². The van der Waals surface area contributed by atoms with Crippen molar-refractivity contribution in [1.82, 2.24) is 25.1 Å². The fourth-order valence-corrected chi connectivity index (χ4v) is 2.63. The molecule has 0 unspecified atom stereocenters. The van der Waals surface area contributed by atoms with E-state index in [4.69, 9.17) is 0 Å². The average molecular weight is 257 g/mol. The Morgan fingerprint density at radius 1 is 1.32 bits per heavy atom. The van der Waals surface area contributed by atoms with Gasteiger partial charge in [-0.05, 0) is 38.4 Å². The minimum absolute atomic E-state index is 0.363. The topological polar surface area (TPSA) is 55.6 Å². The molecule has 1 atom stereocenters. The average Bonchev–Trinajstić information content (AvgIpc) is 2.85. The van der Waals surface area contributed by atoms with Gasteiger partial charge < -0.3 is 5.32 Å². The minimum atomic E-state index is 0.363. The predicted octanol–water partition coefficient (Wildman–Crippen LogP) is 2.00. The van der Waals surface area contributed by atoms with Crippen LogP contribution < -0.4 is 5.32 Å². The number of nitrogens with one attached hydrogen (secondary N) is 1. The lowest BCUT2D eigenvalue weighted by atomic mass is 10.0. The Hall–Kier alpha value is -1.75. The van der Waals surface area contributed by atoms with Gasteiger partial charge in [-0.2, -0.15) is 5.10 Å². The van der Waals surface area contributed by atoms with Gasteiger partial charge in [0.15, 0.2) is 0 Å². The second kappa shape index (κ2) is 5.09. The molecule has 0 spiro atoms. The van der Waals surface area contributed by atoms with Gasteiger partial charge in [0.25, 0.3) is 0 Å². The third kappa shape index (κ3) is 2.51. The molecule has 0 radical (unpaired) electrons. The van der Waals surface area contributed by atoms with Gasteiger partial charge in [0.05, 0.1) is 17.1 Å². The number of piperidine rings is 1. The van der Waals surface area contributed by atoms with Crippen molar-refractivity contribution in [2.45, 2.75) is 32.2 Å². The van der Waals surface area contributed by atoms with Crippen molar-refractivity contribution in [3.8, 4) is 11.4 Å². The molecule has 1 aliphatic rings. The number of rotatable bonds is 2. The van der Waals surface area contributed by atoms with Crippen LogP contribution in [-0.2, 0) is 7.05 Å². The van der Waals surface area contributed by atoms with Gasteiger partial charge in [0.1, 0.15) is 5.82 Å². The highest BCUT2D eigenvalue weighted by Gasteiger charge is 2.18. The molecule has 1 N–H and O–H groups in total. The number of aryl methyl sites for hydroxylation is 2. The van der Waals surface area contributed by atoms with E-state index in [9.17, 15) is 0 Å². The summed E-state index contributed by atoms with van der Waals surface area (Å²) in [6.45, 7) is 3.03. The SMILES string of the molecule is Cc1nc(-c2ccnn2C)cc([C@@H]2CCCCN2)n1. The van der Waals surface area contributed by atoms with Crippen molar-refractivity contribution in [3.63, 3.8) is 0 Å². The molecule has 2 aromatic rings. The largest absolute Gasteiger partial charge is 0.309 e. The number of hydrogen-bond acceptors (Lipinski definition) is 4. The molecule has 0 amide bonds. The summed E-state index contributed by atoms with van der Waals surface area (Å²) in [4.78, 5) is 9.13. The van der Waals surface area contributed by atoms with Crippen LogP contribution >= 0.6 is 0 Å². The molecule has 100 valence electrons. The summed E-state index contributed by atoms with van der Waals surface area (Å²) in [5.41, 5.74) is 3.08. The Bertz CT molecular complexity index is 569. The van der Waals surface area contributed by atoms with Gasteiger partial charge in [-0.3, -0.25) is 4.68 Å². The van der Waals surface area contributed by atoms with E-state index in [1.54, 1.807) is 6.20 Å². The number of nitrogens with zero attached hydrogens (tertiary/aromatic N) is 4. The predicted molar refractivity (Wildman–Crippen MR) is 73.6 cm³/mol. The van der Waals surface area contributed by atoms with Gasteiger partial charge in [-0.1, -0.05) is 6.42 Å². The van der Waals surface area contributed by atoms with E-state index in [1.807, 2.05) is 24.7 Å². The van der Waals surface area contributed by atoms with Crippen LogP contribution in [0.2, 0.25) is 0 Å². The lowest BCUT2D eigenvalue weighted by Crippen LogP contribution is -2.27. The first-order chi connectivity index (χ1) is 9.24. The van der Waals surface area contributed by atoms with E-state index in [-0.39, 0.29) is 0 Å². The highest BCUT2D eigenvalue weighted by atomic mass is 15.3. The van der Waals surface area contributed by atoms with Gasteiger partial charge >= 0.3 is 0 Å². The van der Waals surface area contributed by atoms with Crippen LogP contribution in [0.3, 0.4) is 0 Å². The van der Waals surface area contributed by atoms with Crippen molar-refractivity contribution in [2.75, 3.05) is 6.54 Å². The maximum absolute atomic E-state index is 4.59. The molecule has 1 fully saturated rings. The molecule has 3 heterocycles. The Balaban J connectivity index is 1.98. The zero-order valence-electron chi connectivity index (χ0n) is 11.4. The second-order valence-corrected chi connectivity index (χ2v) is 5.07. The maximum Gasteiger partial charge on any atom is 0.126 e. The molecule has 19 heavy (non-hydrogen) atoms. The Morgan fingerprint density at radius 2 is 2.21 bits per heavy atom. The van der Waals surface area contributed by atoms with E-state index in [2.05, 4.69) is 26.4 Å². The van der Waals surface area contributed by atoms with Crippen LogP contribution in [-0.4, -0.2) is 26.3 Å². The van der Waals surface area contributed by atoms with Crippen LogP contribution in [0.4, 0.5) is 0 Å². The van der Waals surface area contributed by atoms with Crippen LogP contribution in [0.5, 0.6) is 0 Å². The van der Waals surface area contributed by atoms with Crippen molar-refractivity contribution in [1.29, 1.82) is 0 Å². The van der Waals surface area contributed by atoms with Gasteiger partial charge in [0.2, 0.25) is 0 Å². The molecule has 0 bridgehead atoms. The fourth-order valence-electron chi connectivity index (χ4n) is 2.63. The minimum Gasteiger partial charge on any atom is -0.309 e. The lowest BCUT2D eigenvalue weighted by Gasteiger charge is -2.23. The van der Waals surface area contributed by atoms with Crippen molar-refractivity contribution < 1.29 is 0 Å². The van der Waals surface area contributed by atoms with E-state index in [0.717, 1.165) is 35.9 Å². The van der Waals surface area contributed by atoms with E-state index < -0.39 is 0 Å². The summed E-state index contributed by atoms with van der Waals surface area (Å²) in [6, 6.07) is 4.44. The summed E-state index contributed by atoms with van der Waals surface area (Å²) >= 11 is 0. The standard InChI is InChI=1S/C14H19N5/c1-10-17-12(11-5-3-4-7-15-11)9-13(18-10)14-6-8-16-19(14)2/h6,8-9,11,15H,3-5,7H2,1-2H3/t11-/m0/s1. The lowest BCUT2D eigenvalue weighted by molar-refractivity contribution is 0.404. The Kier molecular flexibility index (Phi) is 3.29. The zero-order chi connectivity index (χ0) is 13.2. The molecule has 2 aromatic heterocycles. The molecular formula is C14H19N5. The normalized spacial score (nSPS) is 19.6. The maximum atomic E-state index is 4.59. The second-order valence-electron chi connectivity index (χ2n) is 5.07. The summed E-state index contributed by atoms with van der Waals surface area (Å²) in [7, 11) is 1.94. The molecular weight excluding hydrogens is 238 g/mol. The first-order valence-corrected chi connectivity index (χ1v) is 6.81. The van der Waals surface area contributed by atoms with Gasteiger partial charge in [-0.25, -0.2) is 9.97 Å². The van der Waals surface area contributed by atoms with Crippen LogP contribution in [0.1, 0.15) is 36.8 Å². The molecule has 0 aromatic carbocycles. The summed E-state index contributed by atoms with van der Waals surface area (Å²) in [6.07, 6.45) is 5.48. The van der Waals surface area contributed by atoms with Crippen LogP contribution in [0.25, 0.3) is 11.4 Å². The van der Waals surface area contributed by atoms with E-state index >= 15 is 0 Å². The first-order valence-electron chi connectivity index (χ1n) is 6.81. The molecule has 5 nitrogen and oxygen atoms in total. The summed E-state index contributed by atoms with van der Waals surface area (Å²) in [5.74, 6) is 0.820. The monoisotopic (exact) mass is 257 g/mol. The Labute approximate surface area is 113 Å². The molecule has 1 aliphatic heterocycles. The van der Waals surface area contributed by atoms with Crippen molar-refractivity contribution >= 4 is 0 Å². The third-order valence-electron chi connectivity index (χ3n) is 3.61. The number of hydrogen-bond donors (Lipinski definition) is 1. The molecule has 1 saturated heterocycles. The fraction of sp³-hybridized carbons (Fsp3) is 0.500. The summed E-state index contributed by atoms with van der Waals surface area (Å²) < 4.78 is 1.85. The molecule has 5 heteroatoms. The Morgan fingerprint density at radius 3 is 2.89 bits per heavy atom. The molecule has 0 saturated carbocycles. The number of aromatic nitrogens is 4. The van der Waals surface area contributed by atoms with E-state index in [1.165, 1.54) is 12.8 Å². The summed E-state index contributed by atoms with van der Waals surface area (Å²) in [5, 5.41) is 7.74. The van der Waals surface area contributed by atoms with Crippen molar-refractivity contribution in [2.24, 2.45) is 7.05 Å². The van der Waals surface area contributed by atoms with Gasteiger partial charge in [-0.15, -0.1) is 0 Å². The third-order valence-corrected chi connectivity index (χ3v) is 3.61. The quantitative estimate of drug-likeness (QED) is 0.894. The smallest absolute Gasteiger partial charge is 0.126 e. The molecule has 3 rings (SSSR count). The van der Waals surface area contributed by atoms with Gasteiger partial charge in [0, 0.05) is 19.3 Å². The zero-order valence-corrected chi connectivity index (χ0v) is 11.4. The van der Waals surface area contributed by atoms with Crippen LogP contribution in [0.15, 0.2) is 18.3 Å². The van der Waals surface area contributed by atoms with Crippen LogP contribution in [0, 0.1) is 6.92 Å². The van der Waals surface area contributed by atoms with E-state index in [0.29, 0.717) is 6.04 Å². The highest BCUT2D eigenvalue weighted by Crippen LogP contribution is 2.24.